The normalized spacial score (nSPS) is 11.0. The SMILES string of the molecule is Fc1ccccc1Cn1cc(Br)c2ccncc21. The second-order valence-corrected chi connectivity index (χ2v) is 4.94. The number of benzene rings is 1. The molecule has 0 aliphatic heterocycles. The first-order chi connectivity index (χ1) is 8.75. The highest BCUT2D eigenvalue weighted by Gasteiger charge is 2.08. The summed E-state index contributed by atoms with van der Waals surface area (Å²) in [5.41, 5.74) is 1.67. The van der Waals surface area contributed by atoms with Crippen LogP contribution in [0.5, 0.6) is 0 Å². The quantitative estimate of drug-likeness (QED) is 0.700. The molecule has 3 rings (SSSR count). The first kappa shape index (κ1) is 11.4. The first-order valence-electron chi connectivity index (χ1n) is 5.57. The Bertz CT molecular complexity index is 706. The zero-order chi connectivity index (χ0) is 12.5. The van der Waals surface area contributed by atoms with Crippen molar-refractivity contribution in [2.45, 2.75) is 6.54 Å². The molecule has 90 valence electrons. The molecule has 4 heteroatoms. The molecule has 2 heterocycles. The van der Waals surface area contributed by atoms with Crippen molar-refractivity contribution in [2.75, 3.05) is 0 Å². The Morgan fingerprint density at radius 1 is 1.22 bits per heavy atom. The van der Waals surface area contributed by atoms with Crippen LogP contribution in [0.2, 0.25) is 0 Å². The number of nitrogens with zero attached hydrogens (tertiary/aromatic N) is 2. The number of fused-ring (bicyclic) bond motifs is 1. The molecular formula is C14H10BrFN2. The van der Waals surface area contributed by atoms with Gasteiger partial charge >= 0.3 is 0 Å². The zero-order valence-corrected chi connectivity index (χ0v) is 11.1. The van der Waals surface area contributed by atoms with Crippen LogP contribution in [0, 0.1) is 5.82 Å². The molecular weight excluding hydrogens is 295 g/mol. The van der Waals surface area contributed by atoms with E-state index in [9.17, 15) is 4.39 Å². The molecule has 0 amide bonds. The summed E-state index contributed by atoms with van der Waals surface area (Å²) < 4.78 is 16.6. The molecule has 3 aromatic rings. The summed E-state index contributed by atoms with van der Waals surface area (Å²) in [7, 11) is 0. The number of pyridine rings is 1. The molecule has 0 bridgehead atoms. The van der Waals surface area contributed by atoms with Gasteiger partial charge in [0.15, 0.2) is 0 Å². The van der Waals surface area contributed by atoms with Crippen molar-refractivity contribution in [3.8, 4) is 0 Å². The van der Waals surface area contributed by atoms with Gasteiger partial charge in [0.05, 0.1) is 18.3 Å². The maximum atomic E-state index is 13.6. The van der Waals surface area contributed by atoms with Gasteiger partial charge < -0.3 is 4.57 Å². The van der Waals surface area contributed by atoms with Gasteiger partial charge in [-0.25, -0.2) is 4.39 Å². The highest BCUT2D eigenvalue weighted by atomic mass is 79.9. The molecule has 2 aromatic heterocycles. The molecule has 0 fully saturated rings. The lowest BCUT2D eigenvalue weighted by Gasteiger charge is -2.06. The molecule has 1 aromatic carbocycles. The third-order valence-corrected chi connectivity index (χ3v) is 3.57. The molecule has 0 saturated heterocycles. The van der Waals surface area contributed by atoms with Crippen LogP contribution in [-0.4, -0.2) is 9.55 Å². The predicted molar refractivity (Wildman–Crippen MR) is 72.9 cm³/mol. The highest BCUT2D eigenvalue weighted by molar-refractivity contribution is 9.10. The largest absolute Gasteiger partial charge is 0.341 e. The average molecular weight is 305 g/mol. The van der Waals surface area contributed by atoms with Crippen LogP contribution in [0.4, 0.5) is 4.39 Å². The van der Waals surface area contributed by atoms with Crippen molar-refractivity contribution in [3.63, 3.8) is 0 Å². The van der Waals surface area contributed by atoms with Gasteiger partial charge in [-0.05, 0) is 28.1 Å². The van der Waals surface area contributed by atoms with Gasteiger partial charge in [0.1, 0.15) is 5.82 Å². The zero-order valence-electron chi connectivity index (χ0n) is 9.48. The molecule has 18 heavy (non-hydrogen) atoms. The van der Waals surface area contributed by atoms with Gasteiger partial charge in [0.25, 0.3) is 0 Å². The third-order valence-electron chi connectivity index (χ3n) is 2.93. The van der Waals surface area contributed by atoms with Crippen LogP contribution >= 0.6 is 15.9 Å². The second-order valence-electron chi connectivity index (χ2n) is 4.09. The maximum Gasteiger partial charge on any atom is 0.128 e. The van der Waals surface area contributed by atoms with E-state index in [0.717, 1.165) is 15.4 Å². The molecule has 0 aliphatic carbocycles. The summed E-state index contributed by atoms with van der Waals surface area (Å²) in [5.74, 6) is -0.181. The topological polar surface area (TPSA) is 17.8 Å². The van der Waals surface area contributed by atoms with E-state index in [1.165, 1.54) is 6.07 Å². The van der Waals surface area contributed by atoms with Crippen molar-refractivity contribution in [2.24, 2.45) is 0 Å². The molecule has 2 nitrogen and oxygen atoms in total. The van der Waals surface area contributed by atoms with Crippen LogP contribution in [0.1, 0.15) is 5.56 Å². The minimum Gasteiger partial charge on any atom is -0.341 e. The van der Waals surface area contributed by atoms with Gasteiger partial charge in [0, 0.05) is 27.8 Å². The van der Waals surface area contributed by atoms with Gasteiger partial charge in [0.2, 0.25) is 0 Å². The van der Waals surface area contributed by atoms with Crippen LogP contribution in [0.15, 0.2) is 53.4 Å². The van der Waals surface area contributed by atoms with Gasteiger partial charge in [-0.15, -0.1) is 0 Å². The lowest BCUT2D eigenvalue weighted by Crippen LogP contribution is -2.00. The minimum absolute atomic E-state index is 0.181. The average Bonchev–Trinajstić information content (AvgIpc) is 2.70. The summed E-state index contributed by atoms with van der Waals surface area (Å²) in [4.78, 5) is 4.12. The fraction of sp³-hybridized carbons (Fsp3) is 0.0714. The van der Waals surface area contributed by atoms with Gasteiger partial charge in [-0.1, -0.05) is 18.2 Å². The second kappa shape index (κ2) is 4.53. The Hall–Kier alpha value is -1.68. The number of aromatic nitrogens is 2. The van der Waals surface area contributed by atoms with Gasteiger partial charge in [-0.2, -0.15) is 0 Å². The highest BCUT2D eigenvalue weighted by Crippen LogP contribution is 2.26. The number of rotatable bonds is 2. The van der Waals surface area contributed by atoms with Crippen molar-refractivity contribution in [3.05, 3.63) is 64.8 Å². The van der Waals surface area contributed by atoms with E-state index in [4.69, 9.17) is 0 Å². The smallest absolute Gasteiger partial charge is 0.128 e. The van der Waals surface area contributed by atoms with Gasteiger partial charge in [-0.3, -0.25) is 4.98 Å². The molecule has 0 N–H and O–H groups in total. The number of hydrogen-bond acceptors (Lipinski definition) is 1. The van der Waals surface area contributed by atoms with E-state index >= 15 is 0 Å². The minimum atomic E-state index is -0.181. The molecule has 0 spiro atoms. The van der Waals surface area contributed by atoms with E-state index in [-0.39, 0.29) is 5.82 Å². The molecule has 0 unspecified atom stereocenters. The van der Waals surface area contributed by atoms with Crippen LogP contribution < -0.4 is 0 Å². The third kappa shape index (κ3) is 1.93. The Labute approximate surface area is 112 Å². The summed E-state index contributed by atoms with van der Waals surface area (Å²) in [6.45, 7) is 0.500. The Kier molecular flexibility index (Phi) is 2.88. The number of halogens is 2. The molecule has 0 saturated carbocycles. The summed E-state index contributed by atoms with van der Waals surface area (Å²) >= 11 is 3.51. The van der Waals surface area contributed by atoms with Crippen LogP contribution in [0.25, 0.3) is 10.9 Å². The van der Waals surface area contributed by atoms with E-state index in [2.05, 4.69) is 20.9 Å². The monoisotopic (exact) mass is 304 g/mol. The first-order valence-corrected chi connectivity index (χ1v) is 6.37. The fourth-order valence-electron chi connectivity index (χ4n) is 2.03. The predicted octanol–water partition coefficient (Wildman–Crippen LogP) is 3.99. The van der Waals surface area contributed by atoms with Crippen molar-refractivity contribution in [1.82, 2.24) is 9.55 Å². The van der Waals surface area contributed by atoms with Crippen molar-refractivity contribution < 1.29 is 4.39 Å². The van der Waals surface area contributed by atoms with Crippen LogP contribution in [-0.2, 0) is 6.54 Å². The summed E-state index contributed by atoms with van der Waals surface area (Å²) in [6, 6.07) is 8.76. The summed E-state index contributed by atoms with van der Waals surface area (Å²) in [5, 5.41) is 1.08. The maximum absolute atomic E-state index is 13.6. The Morgan fingerprint density at radius 3 is 2.89 bits per heavy atom. The van der Waals surface area contributed by atoms with Crippen molar-refractivity contribution in [1.29, 1.82) is 0 Å². The molecule has 0 radical (unpaired) electrons. The lowest BCUT2D eigenvalue weighted by atomic mass is 10.2. The Balaban J connectivity index is 2.08. The fourth-order valence-corrected chi connectivity index (χ4v) is 2.62. The lowest BCUT2D eigenvalue weighted by molar-refractivity contribution is 0.602. The van der Waals surface area contributed by atoms with E-state index in [1.807, 2.05) is 22.9 Å². The van der Waals surface area contributed by atoms with E-state index in [1.54, 1.807) is 24.5 Å². The molecule has 0 aliphatic rings. The van der Waals surface area contributed by atoms with Crippen LogP contribution in [0.3, 0.4) is 0 Å². The van der Waals surface area contributed by atoms with E-state index < -0.39 is 0 Å². The van der Waals surface area contributed by atoms with Crippen molar-refractivity contribution >= 4 is 26.8 Å². The molecule has 0 atom stereocenters. The Morgan fingerprint density at radius 2 is 2.06 bits per heavy atom. The standard InChI is InChI=1S/C14H10BrFN2/c15-12-9-18(14-7-17-6-5-11(12)14)8-10-3-1-2-4-13(10)16/h1-7,9H,8H2. The van der Waals surface area contributed by atoms with E-state index in [0.29, 0.717) is 12.1 Å². The number of hydrogen-bond donors (Lipinski definition) is 0. The summed E-state index contributed by atoms with van der Waals surface area (Å²) in [6.07, 6.45) is 5.50.